The number of phenols is 3. The van der Waals surface area contributed by atoms with Crippen molar-refractivity contribution < 1.29 is 81.6 Å². The van der Waals surface area contributed by atoms with Crippen LogP contribution in [-0.4, -0.2) is 127 Å². The number of rotatable bonds is 11. The van der Waals surface area contributed by atoms with Gasteiger partial charge >= 0.3 is 19.5 Å². The molecule has 1 saturated carbocycles. The van der Waals surface area contributed by atoms with Gasteiger partial charge in [-0.25, -0.2) is 4.79 Å². The molecule has 1 saturated heterocycles. The molecule has 0 unspecified atom stereocenters. The monoisotopic (exact) mass is 1020 g/mol. The molecule has 21 nitrogen and oxygen atoms in total. The number of ether oxygens (including phenoxy) is 7. The maximum absolute atomic E-state index is 13.5. The number of nitrogens with two attached hydrogens (primary N) is 1. The average Bonchev–Trinajstić information content (AvgIpc) is 3.73. The normalized spacial score (nSPS) is 20.2. The molecule has 0 spiro atoms. The summed E-state index contributed by atoms with van der Waals surface area (Å²) in [5.41, 5.74) is 8.80. The summed E-state index contributed by atoms with van der Waals surface area (Å²) in [6.07, 6.45) is 1.31. The van der Waals surface area contributed by atoms with E-state index in [9.17, 15) is 39.1 Å². The van der Waals surface area contributed by atoms with Crippen molar-refractivity contribution in [1.29, 1.82) is 0 Å². The van der Waals surface area contributed by atoms with E-state index in [2.05, 4.69) is 21.7 Å². The summed E-state index contributed by atoms with van der Waals surface area (Å²) in [5.74, 6) is -0.981. The van der Waals surface area contributed by atoms with Crippen molar-refractivity contribution in [2.75, 3.05) is 61.9 Å². The van der Waals surface area contributed by atoms with Crippen LogP contribution in [-0.2, 0) is 34.8 Å². The minimum Gasteiger partial charge on any atom is -0.508 e. The summed E-state index contributed by atoms with van der Waals surface area (Å²) in [6, 6.07) is 17.8. The smallest absolute Gasteiger partial charge is 0.338 e. The van der Waals surface area contributed by atoms with Gasteiger partial charge in [-0.1, -0.05) is 12.1 Å². The molecule has 1 amide bonds. The number of aromatic hydroxyl groups is 3. The SMILES string of the molecule is COC(=O)[C@H]1[C@H]2C[C@@H]3c4[nH]c5cc(OC)ccc5c4CCN3C[C@H]2C[C@@H](OC(=O)c2cc(OC)c(OC)c(OC)c2)[C@@H]1OC.NC(=O)CP(=O)(O)O.O=c1c(-c2ccc(O)cc2)coc2cc(O)cc(O)c12. The second-order valence-corrected chi connectivity index (χ2v) is 19.0. The number of H-pyrrole nitrogens is 1. The molecule has 22 heteroatoms. The molecule has 0 radical (unpaired) electrons. The number of amides is 1. The molecule has 0 bridgehead atoms. The first-order valence-electron chi connectivity index (χ1n) is 22.5. The lowest BCUT2D eigenvalue weighted by atomic mass is 9.63. The van der Waals surface area contributed by atoms with Gasteiger partial charge in [0.05, 0.1) is 58.6 Å². The lowest BCUT2D eigenvalue weighted by Crippen LogP contribution is -2.58. The van der Waals surface area contributed by atoms with E-state index in [0.29, 0.717) is 29.2 Å². The first-order valence-corrected chi connectivity index (χ1v) is 24.3. The number of hydrogen-bond acceptors (Lipinski definition) is 17. The number of carbonyl (C=O) groups is 3. The van der Waals surface area contributed by atoms with Gasteiger partial charge in [0.15, 0.2) is 11.5 Å². The van der Waals surface area contributed by atoms with Crippen LogP contribution in [0.3, 0.4) is 0 Å². The lowest BCUT2D eigenvalue weighted by Gasteiger charge is -2.52. The zero-order valence-corrected chi connectivity index (χ0v) is 41.0. The largest absolute Gasteiger partial charge is 0.508 e. The van der Waals surface area contributed by atoms with Gasteiger partial charge in [0.1, 0.15) is 58.6 Å². The molecule has 2 aliphatic heterocycles. The standard InChI is InChI=1S/C33H40N2O9.C15H10O5.C2H6NO4P/c1-38-19-7-8-20-21-9-10-35-16-18-13-27(44-32(36)17-11-25(39-2)30(41-4)26(12-17)40-3)31(42-5)28(33(37)43-6)22(18)15-24(35)29(21)34-23(20)14-19;16-9-3-1-8(2-4-9)11-7-20-13-6-10(17)5-12(18)14(13)15(11)19;3-2(4)1-8(5,6)7/h7-8,11-12,14,18,22,24,27-28,31,34H,9-10,13,15-16H2,1-6H3;1-7,16-18H;1H2,(H2,3,4)(H2,5,6,7)/t18-,22+,24-,27-,28+,31+;;/m1../s1. The summed E-state index contributed by atoms with van der Waals surface area (Å²) in [4.78, 5) is 71.3. The Morgan fingerprint density at radius 2 is 1.56 bits per heavy atom. The van der Waals surface area contributed by atoms with Crippen LogP contribution in [0, 0.1) is 17.8 Å². The van der Waals surface area contributed by atoms with E-state index in [1.807, 2.05) is 12.1 Å². The maximum Gasteiger partial charge on any atom is 0.338 e. The van der Waals surface area contributed by atoms with Gasteiger partial charge in [-0.2, -0.15) is 0 Å². The van der Waals surface area contributed by atoms with Gasteiger partial charge in [-0.15, -0.1) is 0 Å². The minimum atomic E-state index is -4.20. The van der Waals surface area contributed by atoms with Crippen LogP contribution in [0.5, 0.6) is 40.2 Å². The molecule has 4 aromatic carbocycles. The molecule has 1 aliphatic carbocycles. The van der Waals surface area contributed by atoms with Crippen LogP contribution in [0.2, 0.25) is 0 Å². The third kappa shape index (κ3) is 11.1. The summed E-state index contributed by atoms with van der Waals surface area (Å²) in [7, 11) is 4.90. The molecule has 6 atom stereocenters. The molecular weight excluding hydrogens is 962 g/mol. The van der Waals surface area contributed by atoms with E-state index in [1.165, 1.54) is 69.5 Å². The first-order chi connectivity index (χ1) is 34.3. The molecule has 6 aromatic rings. The van der Waals surface area contributed by atoms with Crippen molar-refractivity contribution >= 4 is 47.3 Å². The van der Waals surface area contributed by atoms with E-state index in [0.717, 1.165) is 43.3 Å². The number of benzene rings is 4. The van der Waals surface area contributed by atoms with Crippen molar-refractivity contribution in [3.63, 3.8) is 0 Å². The van der Waals surface area contributed by atoms with Crippen molar-refractivity contribution in [3.05, 3.63) is 100 Å². The molecule has 72 heavy (non-hydrogen) atoms. The van der Waals surface area contributed by atoms with E-state index >= 15 is 0 Å². The lowest BCUT2D eigenvalue weighted by molar-refractivity contribution is -0.176. The van der Waals surface area contributed by atoms with Gasteiger partial charge in [-0.05, 0) is 78.6 Å². The Morgan fingerprint density at radius 3 is 2.14 bits per heavy atom. The van der Waals surface area contributed by atoms with Crippen LogP contribution >= 0.6 is 7.60 Å². The summed E-state index contributed by atoms with van der Waals surface area (Å²) < 4.78 is 54.2. The third-order valence-electron chi connectivity index (χ3n) is 13.1. The first kappa shape index (κ1) is 52.5. The number of phenolic OH excluding ortho intramolecular Hbond substituents is 3. The second-order valence-electron chi connectivity index (χ2n) is 17.3. The average molecular weight is 1020 g/mol. The van der Waals surface area contributed by atoms with E-state index < -0.39 is 49.2 Å². The van der Waals surface area contributed by atoms with Crippen molar-refractivity contribution in [2.24, 2.45) is 23.5 Å². The Kier molecular flexibility index (Phi) is 16.1. The van der Waals surface area contributed by atoms with Crippen molar-refractivity contribution in [2.45, 2.75) is 37.5 Å². The quantitative estimate of drug-likeness (QED) is 0.0631. The van der Waals surface area contributed by atoms with E-state index in [-0.39, 0.29) is 63.2 Å². The van der Waals surface area contributed by atoms with E-state index in [4.69, 9.17) is 47.4 Å². The van der Waals surface area contributed by atoms with Crippen LogP contribution < -0.4 is 30.1 Å². The number of esters is 2. The molecule has 2 aromatic heterocycles. The van der Waals surface area contributed by atoms with Crippen molar-refractivity contribution in [3.8, 4) is 51.4 Å². The number of primary amides is 1. The number of hydrogen-bond donors (Lipinski definition) is 7. The highest BCUT2D eigenvalue weighted by atomic mass is 31.2. The number of nitrogens with zero attached hydrogens (tertiary/aromatic N) is 1. The number of carbonyl (C=O) groups excluding carboxylic acids is 3. The number of fused-ring (bicyclic) bond motifs is 7. The molecule has 2 fully saturated rings. The highest BCUT2D eigenvalue weighted by Gasteiger charge is 2.54. The molecular formula is C50H56N3O18P. The van der Waals surface area contributed by atoms with Crippen LogP contribution in [0.1, 0.15) is 40.5 Å². The van der Waals surface area contributed by atoms with Gasteiger partial charge in [0, 0.05) is 55.0 Å². The highest BCUT2D eigenvalue weighted by molar-refractivity contribution is 7.52. The molecule has 4 heterocycles. The number of methoxy groups -OCH3 is 6. The fraction of sp³-hybridized carbons (Fsp3) is 0.360. The zero-order valence-electron chi connectivity index (χ0n) is 40.2. The van der Waals surface area contributed by atoms with Gasteiger partial charge < -0.3 is 73.4 Å². The Bertz CT molecular complexity index is 3050. The van der Waals surface area contributed by atoms with E-state index in [1.54, 1.807) is 38.5 Å². The number of aromatic nitrogens is 1. The second kappa shape index (κ2) is 22.0. The summed E-state index contributed by atoms with van der Waals surface area (Å²) in [5, 5.41) is 29.6. The summed E-state index contributed by atoms with van der Waals surface area (Å²) >= 11 is 0. The molecule has 3 aliphatic rings. The van der Waals surface area contributed by atoms with Crippen LogP contribution in [0.15, 0.2) is 82.2 Å². The van der Waals surface area contributed by atoms with Crippen LogP contribution in [0.4, 0.5) is 0 Å². The van der Waals surface area contributed by atoms with Crippen molar-refractivity contribution in [1.82, 2.24) is 9.88 Å². The third-order valence-corrected chi connectivity index (χ3v) is 13.9. The highest BCUT2D eigenvalue weighted by Crippen LogP contribution is 2.51. The Hall–Kier alpha value is -7.29. The molecule has 384 valence electrons. The minimum absolute atomic E-state index is 0.00775. The Labute approximate surface area is 412 Å². The van der Waals surface area contributed by atoms with Crippen LogP contribution in [0.25, 0.3) is 33.0 Å². The van der Waals surface area contributed by atoms with Gasteiger partial charge in [-0.3, -0.25) is 23.8 Å². The number of nitrogens with one attached hydrogen (secondary N) is 1. The topological polar surface area (TPSA) is 309 Å². The predicted octanol–water partition coefficient (Wildman–Crippen LogP) is 5.40. The molecule has 8 N–H and O–H groups in total. The number of piperidine rings is 1. The predicted molar refractivity (Wildman–Crippen MR) is 260 cm³/mol. The fourth-order valence-corrected chi connectivity index (χ4v) is 10.4. The van der Waals surface area contributed by atoms with Gasteiger partial charge in [0.2, 0.25) is 17.1 Å². The fourth-order valence-electron chi connectivity index (χ4n) is 10.0. The van der Waals surface area contributed by atoms with Gasteiger partial charge in [0.25, 0.3) is 0 Å². The Balaban J connectivity index is 0.000000223. The summed E-state index contributed by atoms with van der Waals surface area (Å²) in [6.45, 7) is 1.68. The Morgan fingerprint density at radius 1 is 0.861 bits per heavy atom. The maximum atomic E-state index is 13.5. The number of aromatic amines is 1. The zero-order chi connectivity index (χ0) is 52.2. The molecule has 9 rings (SSSR count).